The number of aromatic nitrogens is 2. The van der Waals surface area contributed by atoms with Gasteiger partial charge in [-0.3, -0.25) is 4.90 Å². The molecule has 0 saturated carbocycles. The van der Waals surface area contributed by atoms with E-state index in [4.69, 9.17) is 0 Å². The van der Waals surface area contributed by atoms with Gasteiger partial charge in [-0.1, -0.05) is 22.0 Å². The minimum Gasteiger partial charge on any atom is -0.347 e. The van der Waals surface area contributed by atoms with E-state index >= 15 is 0 Å². The van der Waals surface area contributed by atoms with Gasteiger partial charge in [-0.25, -0.2) is 13.4 Å². The Kier molecular flexibility index (Phi) is 4.59. The Morgan fingerprint density at radius 2 is 2.13 bits per heavy atom. The summed E-state index contributed by atoms with van der Waals surface area (Å²) in [5, 5.41) is 0. The maximum atomic E-state index is 13.0. The summed E-state index contributed by atoms with van der Waals surface area (Å²) in [7, 11) is -1.54. The first kappa shape index (κ1) is 16.6. The minimum atomic E-state index is -3.53. The number of likely N-dealkylation sites (N-methyl/N-ethyl adjacent to an activating group) is 1. The van der Waals surface area contributed by atoms with E-state index in [1.165, 1.54) is 0 Å². The average molecular weight is 399 g/mol. The van der Waals surface area contributed by atoms with Crippen LogP contribution in [0.1, 0.15) is 17.4 Å². The molecule has 2 heterocycles. The van der Waals surface area contributed by atoms with Gasteiger partial charge in [0.2, 0.25) is 10.0 Å². The van der Waals surface area contributed by atoms with Crippen LogP contribution >= 0.6 is 15.9 Å². The van der Waals surface area contributed by atoms with Gasteiger partial charge in [0.15, 0.2) is 0 Å². The third kappa shape index (κ3) is 3.08. The second-order valence-electron chi connectivity index (χ2n) is 5.70. The van der Waals surface area contributed by atoms with Crippen molar-refractivity contribution in [1.82, 2.24) is 19.2 Å². The standard InChI is InChI=1S/C15H19BrN4O2S/c1-11-12(16)4-3-5-14(11)23(21,22)20-9-8-19(2)13(10-20)15-17-6-7-18-15/h3-7,13H,8-10H2,1-2H3,(H,17,18)/t13-/m0/s1. The molecule has 0 aliphatic carbocycles. The van der Waals surface area contributed by atoms with E-state index in [1.54, 1.807) is 28.8 Å². The minimum absolute atomic E-state index is 0.0685. The predicted octanol–water partition coefficient (Wildman–Crippen LogP) is 2.16. The fraction of sp³-hybridized carbons (Fsp3) is 0.400. The molecule has 23 heavy (non-hydrogen) atoms. The van der Waals surface area contributed by atoms with Crippen LogP contribution in [-0.4, -0.2) is 54.3 Å². The number of imidazole rings is 1. The summed E-state index contributed by atoms with van der Waals surface area (Å²) < 4.78 is 28.4. The second-order valence-corrected chi connectivity index (χ2v) is 8.46. The molecule has 6 nitrogen and oxygen atoms in total. The first-order valence-electron chi connectivity index (χ1n) is 7.36. The lowest BCUT2D eigenvalue weighted by Gasteiger charge is -2.37. The quantitative estimate of drug-likeness (QED) is 0.859. The monoisotopic (exact) mass is 398 g/mol. The van der Waals surface area contributed by atoms with Crippen LogP contribution in [0.15, 0.2) is 40.0 Å². The number of halogens is 1. The third-order valence-electron chi connectivity index (χ3n) is 4.28. The number of rotatable bonds is 3. The molecule has 1 fully saturated rings. The van der Waals surface area contributed by atoms with E-state index in [-0.39, 0.29) is 6.04 Å². The Bertz CT molecular complexity index is 792. The van der Waals surface area contributed by atoms with Gasteiger partial charge in [0.1, 0.15) is 5.82 Å². The molecule has 0 radical (unpaired) electrons. The molecule has 0 bridgehead atoms. The number of aromatic amines is 1. The molecule has 1 N–H and O–H groups in total. The Labute approximate surface area is 144 Å². The zero-order valence-corrected chi connectivity index (χ0v) is 15.4. The van der Waals surface area contributed by atoms with Gasteiger partial charge in [0.05, 0.1) is 10.9 Å². The average Bonchev–Trinajstić information content (AvgIpc) is 3.04. The van der Waals surface area contributed by atoms with Crippen LogP contribution in [0.2, 0.25) is 0 Å². The molecule has 3 rings (SSSR count). The molecule has 0 amide bonds. The lowest BCUT2D eigenvalue weighted by atomic mass is 10.2. The van der Waals surface area contributed by atoms with E-state index in [2.05, 4.69) is 30.8 Å². The molecule has 1 saturated heterocycles. The highest BCUT2D eigenvalue weighted by atomic mass is 79.9. The molecule has 1 aliphatic heterocycles. The van der Waals surface area contributed by atoms with E-state index in [1.807, 2.05) is 20.0 Å². The van der Waals surface area contributed by atoms with Gasteiger partial charge < -0.3 is 4.98 Å². The maximum Gasteiger partial charge on any atom is 0.243 e. The molecule has 1 aromatic heterocycles. The highest BCUT2D eigenvalue weighted by Crippen LogP contribution is 2.29. The van der Waals surface area contributed by atoms with Crippen LogP contribution < -0.4 is 0 Å². The van der Waals surface area contributed by atoms with Gasteiger partial charge in [-0.15, -0.1) is 0 Å². The van der Waals surface area contributed by atoms with Crippen molar-refractivity contribution in [3.63, 3.8) is 0 Å². The Morgan fingerprint density at radius 1 is 1.35 bits per heavy atom. The number of nitrogens with zero attached hydrogens (tertiary/aromatic N) is 3. The van der Waals surface area contributed by atoms with Crippen LogP contribution in [0.25, 0.3) is 0 Å². The van der Waals surface area contributed by atoms with Crippen molar-refractivity contribution in [2.45, 2.75) is 17.9 Å². The number of benzene rings is 1. The molecule has 1 aromatic carbocycles. The molecule has 0 unspecified atom stereocenters. The van der Waals surface area contributed by atoms with E-state index < -0.39 is 10.0 Å². The molecular formula is C15H19BrN4O2S. The SMILES string of the molecule is Cc1c(Br)cccc1S(=O)(=O)N1CCN(C)[C@H](c2ncc[nH]2)C1. The molecular weight excluding hydrogens is 380 g/mol. The Hall–Kier alpha value is -1.22. The molecule has 0 spiro atoms. The van der Waals surface area contributed by atoms with Gasteiger partial charge in [-0.05, 0) is 31.7 Å². The van der Waals surface area contributed by atoms with Crippen LogP contribution in [0.4, 0.5) is 0 Å². The molecule has 1 aliphatic rings. The van der Waals surface area contributed by atoms with Gasteiger partial charge in [0.25, 0.3) is 0 Å². The summed E-state index contributed by atoms with van der Waals surface area (Å²) in [4.78, 5) is 9.85. The number of hydrogen-bond acceptors (Lipinski definition) is 4. The van der Waals surface area contributed by atoms with Crippen molar-refractivity contribution in [2.24, 2.45) is 0 Å². The van der Waals surface area contributed by atoms with E-state index in [9.17, 15) is 8.42 Å². The van der Waals surface area contributed by atoms with E-state index in [0.29, 0.717) is 24.5 Å². The number of nitrogens with one attached hydrogen (secondary N) is 1. The largest absolute Gasteiger partial charge is 0.347 e. The molecule has 2 aromatic rings. The normalized spacial score (nSPS) is 20.7. The predicted molar refractivity (Wildman–Crippen MR) is 91.6 cm³/mol. The fourth-order valence-electron chi connectivity index (χ4n) is 2.83. The summed E-state index contributed by atoms with van der Waals surface area (Å²) in [6, 6.07) is 5.20. The number of H-pyrrole nitrogens is 1. The van der Waals surface area contributed by atoms with Crippen molar-refractivity contribution in [2.75, 3.05) is 26.7 Å². The smallest absolute Gasteiger partial charge is 0.243 e. The topological polar surface area (TPSA) is 69.3 Å². The van der Waals surface area contributed by atoms with Crippen molar-refractivity contribution in [3.8, 4) is 0 Å². The first-order valence-corrected chi connectivity index (χ1v) is 9.59. The second kappa shape index (κ2) is 6.35. The Balaban J connectivity index is 1.93. The zero-order chi connectivity index (χ0) is 16.6. The summed E-state index contributed by atoms with van der Waals surface area (Å²) in [5.41, 5.74) is 0.737. The van der Waals surface area contributed by atoms with Crippen molar-refractivity contribution < 1.29 is 8.42 Å². The molecule has 124 valence electrons. The Morgan fingerprint density at radius 3 is 2.83 bits per heavy atom. The van der Waals surface area contributed by atoms with Gasteiger partial charge in [0, 0.05) is 36.5 Å². The molecule has 8 heteroatoms. The number of piperazine rings is 1. The lowest BCUT2D eigenvalue weighted by Crippen LogP contribution is -2.49. The third-order valence-corrected chi connectivity index (χ3v) is 7.15. The summed E-state index contributed by atoms with van der Waals surface area (Å²) in [5.74, 6) is 0.790. The van der Waals surface area contributed by atoms with Crippen molar-refractivity contribution in [1.29, 1.82) is 0 Å². The maximum absolute atomic E-state index is 13.0. The van der Waals surface area contributed by atoms with Crippen LogP contribution in [0.3, 0.4) is 0 Å². The van der Waals surface area contributed by atoms with Gasteiger partial charge >= 0.3 is 0 Å². The highest BCUT2D eigenvalue weighted by molar-refractivity contribution is 9.10. The highest BCUT2D eigenvalue weighted by Gasteiger charge is 2.35. The van der Waals surface area contributed by atoms with E-state index in [0.717, 1.165) is 15.9 Å². The van der Waals surface area contributed by atoms with Crippen LogP contribution in [0.5, 0.6) is 0 Å². The molecule has 1 atom stereocenters. The van der Waals surface area contributed by atoms with Crippen molar-refractivity contribution >= 4 is 26.0 Å². The number of sulfonamides is 1. The summed E-state index contributed by atoms with van der Waals surface area (Å²) in [6.07, 6.45) is 3.45. The van der Waals surface area contributed by atoms with Crippen LogP contribution in [0, 0.1) is 6.92 Å². The van der Waals surface area contributed by atoms with Gasteiger partial charge in [-0.2, -0.15) is 4.31 Å². The first-order chi connectivity index (χ1) is 10.9. The summed E-state index contributed by atoms with van der Waals surface area (Å²) in [6.45, 7) is 3.34. The lowest BCUT2D eigenvalue weighted by molar-refractivity contribution is 0.142. The van der Waals surface area contributed by atoms with Crippen molar-refractivity contribution in [3.05, 3.63) is 46.5 Å². The van der Waals surface area contributed by atoms with Crippen LogP contribution in [-0.2, 0) is 10.0 Å². The zero-order valence-electron chi connectivity index (χ0n) is 13.0. The fourth-order valence-corrected chi connectivity index (χ4v) is 5.01. The number of hydrogen-bond donors (Lipinski definition) is 1. The summed E-state index contributed by atoms with van der Waals surface area (Å²) >= 11 is 3.41.